The van der Waals surface area contributed by atoms with Crippen LogP contribution in [-0.4, -0.2) is 84.7 Å². The van der Waals surface area contributed by atoms with Crippen LogP contribution in [0.5, 0.6) is 0 Å². The molecule has 0 unspecified atom stereocenters. The van der Waals surface area contributed by atoms with Gasteiger partial charge in [0.2, 0.25) is 0 Å². The van der Waals surface area contributed by atoms with E-state index in [1.165, 1.54) is 4.31 Å². The van der Waals surface area contributed by atoms with Gasteiger partial charge in [-0.15, -0.1) is 0 Å². The van der Waals surface area contributed by atoms with Crippen LogP contribution in [0.2, 0.25) is 0 Å². The average molecular weight is 436 g/mol. The first-order valence-corrected chi connectivity index (χ1v) is 11.8. The number of sulfonamides is 1. The Kier molecular flexibility index (Phi) is 5.94. The first-order chi connectivity index (χ1) is 14.4. The highest BCUT2D eigenvalue weighted by molar-refractivity contribution is 7.89. The van der Waals surface area contributed by atoms with Gasteiger partial charge >= 0.3 is 0 Å². The lowest BCUT2D eigenvalue weighted by atomic mass is 10.3. The van der Waals surface area contributed by atoms with Crippen molar-refractivity contribution in [2.24, 2.45) is 0 Å². The van der Waals surface area contributed by atoms with E-state index in [1.807, 2.05) is 31.4 Å². The van der Waals surface area contributed by atoms with Crippen molar-refractivity contribution in [3.05, 3.63) is 23.9 Å². The van der Waals surface area contributed by atoms with Gasteiger partial charge in [0.15, 0.2) is 5.03 Å². The molecule has 0 bridgehead atoms. The van der Waals surface area contributed by atoms with E-state index >= 15 is 0 Å². The summed E-state index contributed by atoms with van der Waals surface area (Å²) in [4.78, 5) is 17.8. The predicted octanol–water partition coefficient (Wildman–Crippen LogP) is 0.657. The maximum atomic E-state index is 13.0. The number of aromatic nitrogens is 4. The molecular weight excluding hydrogens is 406 g/mol. The van der Waals surface area contributed by atoms with Gasteiger partial charge in [0.05, 0.1) is 13.2 Å². The average Bonchev–Trinajstić information content (AvgIpc) is 3.15. The molecule has 2 aliphatic heterocycles. The van der Waals surface area contributed by atoms with Crippen LogP contribution in [-0.2, 0) is 21.3 Å². The summed E-state index contributed by atoms with van der Waals surface area (Å²) in [5.41, 5.74) is 0. The van der Waals surface area contributed by atoms with E-state index < -0.39 is 10.0 Å². The third kappa shape index (κ3) is 4.14. The third-order valence-corrected chi connectivity index (χ3v) is 7.38. The fourth-order valence-electron chi connectivity index (χ4n) is 3.87. The Balaban J connectivity index is 1.47. The van der Waals surface area contributed by atoms with Gasteiger partial charge in [-0.2, -0.15) is 4.31 Å². The molecule has 0 saturated carbocycles. The van der Waals surface area contributed by atoms with Gasteiger partial charge in [-0.1, -0.05) is 0 Å². The molecule has 4 rings (SSSR count). The van der Waals surface area contributed by atoms with Crippen molar-refractivity contribution in [2.75, 3.05) is 62.3 Å². The standard InChI is InChI=1S/C19H29N7O3S/c1-4-23-14-19(22-16(23)3)30(27,28)26-7-5-24(6-8-26)17-13-18(21-15(2)20-17)25-9-11-29-12-10-25/h13-14H,4-12H2,1-3H3. The lowest BCUT2D eigenvalue weighted by Crippen LogP contribution is -2.49. The number of nitrogens with zero attached hydrogens (tertiary/aromatic N) is 7. The predicted molar refractivity (Wildman–Crippen MR) is 113 cm³/mol. The molecular formula is C19H29N7O3S. The molecule has 2 aromatic rings. The monoisotopic (exact) mass is 435 g/mol. The van der Waals surface area contributed by atoms with Gasteiger partial charge in [-0.3, -0.25) is 0 Å². The van der Waals surface area contributed by atoms with Crippen LogP contribution in [0, 0.1) is 13.8 Å². The molecule has 30 heavy (non-hydrogen) atoms. The van der Waals surface area contributed by atoms with Crippen molar-refractivity contribution in [1.29, 1.82) is 0 Å². The van der Waals surface area contributed by atoms with Gasteiger partial charge in [0.25, 0.3) is 10.0 Å². The molecule has 2 aromatic heterocycles. The largest absolute Gasteiger partial charge is 0.378 e. The summed E-state index contributed by atoms with van der Waals surface area (Å²) in [6.45, 7) is 11.3. The Morgan fingerprint density at radius 3 is 2.10 bits per heavy atom. The number of morpholine rings is 1. The Morgan fingerprint density at radius 1 is 0.933 bits per heavy atom. The summed E-state index contributed by atoms with van der Waals surface area (Å²) >= 11 is 0. The van der Waals surface area contributed by atoms with Crippen LogP contribution in [0.25, 0.3) is 0 Å². The lowest BCUT2D eigenvalue weighted by Gasteiger charge is -2.35. The number of hydrogen-bond donors (Lipinski definition) is 0. The summed E-state index contributed by atoms with van der Waals surface area (Å²) < 4.78 is 34.8. The highest BCUT2D eigenvalue weighted by Crippen LogP contribution is 2.23. The summed E-state index contributed by atoms with van der Waals surface area (Å²) in [5, 5.41) is 0.128. The van der Waals surface area contributed by atoms with E-state index in [2.05, 4.69) is 24.8 Å². The third-order valence-electron chi connectivity index (χ3n) is 5.61. The molecule has 0 atom stereocenters. The Morgan fingerprint density at radius 2 is 1.53 bits per heavy atom. The molecule has 4 heterocycles. The van der Waals surface area contributed by atoms with E-state index in [4.69, 9.17) is 4.74 Å². The van der Waals surface area contributed by atoms with Crippen LogP contribution >= 0.6 is 0 Å². The number of piperazine rings is 1. The normalized spacial score (nSPS) is 18.8. The lowest BCUT2D eigenvalue weighted by molar-refractivity contribution is 0.122. The van der Waals surface area contributed by atoms with Gasteiger partial charge in [0, 0.05) is 58.1 Å². The molecule has 2 fully saturated rings. The van der Waals surface area contributed by atoms with Crippen molar-refractivity contribution < 1.29 is 13.2 Å². The van der Waals surface area contributed by atoms with E-state index in [1.54, 1.807) is 6.20 Å². The van der Waals surface area contributed by atoms with Crippen molar-refractivity contribution in [3.8, 4) is 0 Å². The number of hydrogen-bond acceptors (Lipinski definition) is 8. The highest BCUT2D eigenvalue weighted by Gasteiger charge is 2.31. The molecule has 0 aliphatic carbocycles. The fraction of sp³-hybridized carbons (Fsp3) is 0.632. The number of rotatable bonds is 5. The van der Waals surface area contributed by atoms with Crippen LogP contribution in [0.4, 0.5) is 11.6 Å². The number of anilines is 2. The summed E-state index contributed by atoms with van der Waals surface area (Å²) in [5.74, 6) is 3.16. The zero-order chi connectivity index (χ0) is 21.3. The minimum absolute atomic E-state index is 0.128. The molecule has 0 radical (unpaired) electrons. The van der Waals surface area contributed by atoms with Crippen LogP contribution in [0.15, 0.2) is 17.3 Å². The van der Waals surface area contributed by atoms with Crippen LogP contribution in [0.1, 0.15) is 18.6 Å². The van der Waals surface area contributed by atoms with Gasteiger partial charge < -0.3 is 19.1 Å². The van der Waals surface area contributed by atoms with E-state index in [-0.39, 0.29) is 5.03 Å². The molecule has 164 valence electrons. The fourth-order valence-corrected chi connectivity index (χ4v) is 5.28. The Bertz CT molecular complexity index is 994. The van der Waals surface area contributed by atoms with Crippen LogP contribution in [0.3, 0.4) is 0 Å². The van der Waals surface area contributed by atoms with E-state index in [9.17, 15) is 8.42 Å². The molecule has 0 amide bonds. The smallest absolute Gasteiger partial charge is 0.262 e. The zero-order valence-corrected chi connectivity index (χ0v) is 18.6. The van der Waals surface area contributed by atoms with Gasteiger partial charge in [-0.25, -0.2) is 23.4 Å². The Labute approximate surface area is 177 Å². The van der Waals surface area contributed by atoms with Gasteiger partial charge in [0.1, 0.15) is 23.3 Å². The second kappa shape index (κ2) is 8.48. The van der Waals surface area contributed by atoms with Gasteiger partial charge in [-0.05, 0) is 20.8 Å². The van der Waals surface area contributed by atoms with E-state index in [0.29, 0.717) is 57.6 Å². The number of aryl methyl sites for hydroxylation is 3. The van der Waals surface area contributed by atoms with Crippen molar-refractivity contribution in [2.45, 2.75) is 32.3 Å². The summed E-state index contributed by atoms with van der Waals surface area (Å²) in [7, 11) is -3.59. The number of ether oxygens (including phenoxy) is 1. The first-order valence-electron chi connectivity index (χ1n) is 10.4. The topological polar surface area (TPSA) is 96.7 Å². The second-order valence-electron chi connectivity index (χ2n) is 7.53. The van der Waals surface area contributed by atoms with Crippen molar-refractivity contribution in [1.82, 2.24) is 23.8 Å². The van der Waals surface area contributed by atoms with Crippen molar-refractivity contribution >= 4 is 21.7 Å². The molecule has 0 spiro atoms. The Hall–Kier alpha value is -2.24. The second-order valence-corrected chi connectivity index (χ2v) is 9.42. The molecule has 10 nitrogen and oxygen atoms in total. The molecule has 11 heteroatoms. The first kappa shape index (κ1) is 21.0. The summed E-state index contributed by atoms with van der Waals surface area (Å²) in [6, 6.07) is 1.99. The minimum atomic E-state index is -3.59. The summed E-state index contributed by atoms with van der Waals surface area (Å²) in [6.07, 6.45) is 1.62. The zero-order valence-electron chi connectivity index (χ0n) is 17.8. The minimum Gasteiger partial charge on any atom is -0.378 e. The maximum absolute atomic E-state index is 13.0. The molecule has 0 aromatic carbocycles. The van der Waals surface area contributed by atoms with E-state index in [0.717, 1.165) is 24.7 Å². The quantitative estimate of drug-likeness (QED) is 0.676. The molecule has 2 aliphatic rings. The van der Waals surface area contributed by atoms with Crippen molar-refractivity contribution in [3.63, 3.8) is 0 Å². The SMILES string of the molecule is CCn1cc(S(=O)(=O)N2CCN(c3cc(N4CCOCC4)nc(C)n3)CC2)nc1C. The molecule has 2 saturated heterocycles. The molecule has 0 N–H and O–H groups in total. The van der Waals surface area contributed by atoms with Crippen LogP contribution < -0.4 is 9.80 Å². The maximum Gasteiger partial charge on any atom is 0.262 e. The highest BCUT2D eigenvalue weighted by atomic mass is 32.2. The number of imidazole rings is 1.